The van der Waals surface area contributed by atoms with Gasteiger partial charge in [0.05, 0.1) is 5.69 Å². The lowest BCUT2D eigenvalue weighted by Gasteiger charge is -2.18. The second-order valence-corrected chi connectivity index (χ2v) is 7.50. The third-order valence-electron chi connectivity index (χ3n) is 5.28. The molecule has 5 nitrogen and oxygen atoms in total. The Morgan fingerprint density at radius 2 is 1.96 bits per heavy atom. The van der Waals surface area contributed by atoms with Crippen molar-refractivity contribution in [2.45, 2.75) is 19.4 Å². The van der Waals surface area contributed by atoms with Crippen molar-refractivity contribution in [3.8, 4) is 11.3 Å². The zero-order chi connectivity index (χ0) is 18.1. The SMILES string of the molecule is O=C(Cn1nc(-c2ccc(Cl)cc2)ccc1=O)NC[C@@H]1C[C@@H]2C=C[C@@H]1C2. The highest BCUT2D eigenvalue weighted by molar-refractivity contribution is 6.30. The van der Waals surface area contributed by atoms with Crippen LogP contribution in [0.1, 0.15) is 12.8 Å². The lowest BCUT2D eigenvalue weighted by Crippen LogP contribution is -2.36. The monoisotopic (exact) mass is 369 g/mol. The van der Waals surface area contributed by atoms with E-state index in [0.29, 0.717) is 35.0 Å². The first-order valence-electron chi connectivity index (χ1n) is 8.87. The summed E-state index contributed by atoms with van der Waals surface area (Å²) < 4.78 is 1.21. The number of hydrogen-bond donors (Lipinski definition) is 1. The van der Waals surface area contributed by atoms with Crippen LogP contribution in [-0.2, 0) is 11.3 Å². The number of hydrogen-bond acceptors (Lipinski definition) is 3. The highest BCUT2D eigenvalue weighted by atomic mass is 35.5. The summed E-state index contributed by atoms with van der Waals surface area (Å²) in [5.74, 6) is 1.61. The number of halogens is 1. The first-order chi connectivity index (χ1) is 12.6. The topological polar surface area (TPSA) is 64.0 Å². The molecular formula is C20H20ClN3O2. The number of carbonyl (C=O) groups is 1. The quantitative estimate of drug-likeness (QED) is 0.824. The van der Waals surface area contributed by atoms with E-state index in [1.807, 2.05) is 12.1 Å². The second kappa shape index (κ2) is 7.08. The van der Waals surface area contributed by atoms with Crippen molar-refractivity contribution in [3.05, 3.63) is 63.9 Å². The molecule has 2 aliphatic rings. The van der Waals surface area contributed by atoms with Crippen molar-refractivity contribution in [3.63, 3.8) is 0 Å². The smallest absolute Gasteiger partial charge is 0.267 e. The van der Waals surface area contributed by atoms with Gasteiger partial charge in [0.25, 0.3) is 5.56 Å². The first-order valence-corrected chi connectivity index (χ1v) is 9.25. The average molecular weight is 370 g/mol. The number of rotatable bonds is 5. The average Bonchev–Trinajstić information content (AvgIpc) is 3.26. The normalized spacial score (nSPS) is 23.3. The third kappa shape index (κ3) is 3.58. The third-order valence-corrected chi connectivity index (χ3v) is 5.53. The van der Waals surface area contributed by atoms with Gasteiger partial charge in [0.2, 0.25) is 5.91 Å². The zero-order valence-corrected chi connectivity index (χ0v) is 15.0. The lowest BCUT2D eigenvalue weighted by atomic mass is 9.94. The van der Waals surface area contributed by atoms with E-state index < -0.39 is 0 Å². The van der Waals surface area contributed by atoms with Crippen LogP contribution in [0.4, 0.5) is 0 Å². The fraction of sp³-hybridized carbons (Fsp3) is 0.350. The fourth-order valence-electron chi connectivity index (χ4n) is 3.90. The van der Waals surface area contributed by atoms with E-state index in [2.05, 4.69) is 22.6 Å². The molecule has 1 N–H and O–H groups in total. The molecular weight excluding hydrogens is 350 g/mol. The molecule has 1 heterocycles. The van der Waals surface area contributed by atoms with Crippen LogP contribution in [0.3, 0.4) is 0 Å². The number of fused-ring (bicyclic) bond motifs is 2. The van der Waals surface area contributed by atoms with Gasteiger partial charge in [-0.05, 0) is 48.8 Å². The highest BCUT2D eigenvalue weighted by Crippen LogP contribution is 2.42. The Labute approximate surface area is 156 Å². The summed E-state index contributed by atoms with van der Waals surface area (Å²) in [5.41, 5.74) is 1.19. The molecule has 0 unspecified atom stereocenters. The van der Waals surface area contributed by atoms with E-state index in [1.165, 1.54) is 17.2 Å². The summed E-state index contributed by atoms with van der Waals surface area (Å²) in [6, 6.07) is 10.3. The van der Waals surface area contributed by atoms with Gasteiger partial charge in [-0.3, -0.25) is 9.59 Å². The van der Waals surface area contributed by atoms with E-state index in [-0.39, 0.29) is 18.0 Å². The summed E-state index contributed by atoms with van der Waals surface area (Å²) in [7, 11) is 0. The van der Waals surface area contributed by atoms with Gasteiger partial charge >= 0.3 is 0 Å². The molecule has 1 aromatic heterocycles. The van der Waals surface area contributed by atoms with Gasteiger partial charge in [0, 0.05) is 23.2 Å². The molecule has 0 radical (unpaired) electrons. The van der Waals surface area contributed by atoms with Crippen LogP contribution in [0, 0.1) is 17.8 Å². The van der Waals surface area contributed by atoms with Crippen LogP contribution in [0.15, 0.2) is 53.3 Å². The maximum Gasteiger partial charge on any atom is 0.267 e. The number of benzene rings is 1. The second-order valence-electron chi connectivity index (χ2n) is 7.07. The Bertz CT molecular complexity index is 904. The van der Waals surface area contributed by atoms with Crippen LogP contribution in [0.2, 0.25) is 5.02 Å². The molecule has 3 atom stereocenters. The lowest BCUT2D eigenvalue weighted by molar-refractivity contribution is -0.122. The van der Waals surface area contributed by atoms with Gasteiger partial charge in [-0.15, -0.1) is 0 Å². The molecule has 6 heteroatoms. The first kappa shape index (κ1) is 17.0. The summed E-state index contributed by atoms with van der Waals surface area (Å²) in [6.45, 7) is 0.590. The van der Waals surface area contributed by atoms with E-state index >= 15 is 0 Å². The van der Waals surface area contributed by atoms with Crippen molar-refractivity contribution in [1.82, 2.24) is 15.1 Å². The molecule has 1 amide bonds. The molecule has 0 aliphatic heterocycles. The predicted octanol–water partition coefficient (Wildman–Crippen LogP) is 2.89. The number of carbonyl (C=O) groups excluding carboxylic acids is 1. The molecule has 1 aromatic carbocycles. The number of amides is 1. The Kier molecular flexibility index (Phi) is 4.64. The Morgan fingerprint density at radius 1 is 1.15 bits per heavy atom. The molecule has 0 saturated heterocycles. The molecule has 2 bridgehead atoms. The van der Waals surface area contributed by atoms with Crippen molar-refractivity contribution < 1.29 is 4.79 Å². The molecule has 1 saturated carbocycles. The van der Waals surface area contributed by atoms with Gasteiger partial charge in [0.1, 0.15) is 6.54 Å². The van der Waals surface area contributed by atoms with Crippen molar-refractivity contribution >= 4 is 17.5 Å². The van der Waals surface area contributed by atoms with E-state index in [1.54, 1.807) is 18.2 Å². The summed E-state index contributed by atoms with van der Waals surface area (Å²) in [5, 5.41) is 7.92. The van der Waals surface area contributed by atoms with Gasteiger partial charge in [-0.25, -0.2) is 4.68 Å². The van der Waals surface area contributed by atoms with Gasteiger partial charge in [-0.2, -0.15) is 5.10 Å². The van der Waals surface area contributed by atoms with Crippen molar-refractivity contribution in [2.24, 2.45) is 17.8 Å². The summed E-state index contributed by atoms with van der Waals surface area (Å²) in [6.07, 6.45) is 6.91. The van der Waals surface area contributed by atoms with Crippen LogP contribution < -0.4 is 10.9 Å². The van der Waals surface area contributed by atoms with Crippen LogP contribution in [-0.4, -0.2) is 22.2 Å². The Hall–Kier alpha value is -2.40. The molecule has 26 heavy (non-hydrogen) atoms. The minimum absolute atomic E-state index is 0.0725. The van der Waals surface area contributed by atoms with Crippen LogP contribution in [0.25, 0.3) is 11.3 Å². The van der Waals surface area contributed by atoms with E-state index in [4.69, 9.17) is 11.6 Å². The van der Waals surface area contributed by atoms with E-state index in [0.717, 1.165) is 12.0 Å². The predicted molar refractivity (Wildman–Crippen MR) is 101 cm³/mol. The fourth-order valence-corrected chi connectivity index (χ4v) is 4.03. The molecule has 4 rings (SSSR count). The summed E-state index contributed by atoms with van der Waals surface area (Å²) in [4.78, 5) is 24.3. The number of nitrogens with one attached hydrogen (secondary N) is 1. The highest BCUT2D eigenvalue weighted by Gasteiger charge is 2.35. The standard InChI is InChI=1S/C20H20ClN3O2/c21-17-5-3-14(4-6-17)18-7-8-20(26)24(23-18)12-19(25)22-11-16-10-13-1-2-15(16)9-13/h1-8,13,15-16H,9-12H2,(H,22,25)/t13-,15-,16+/m1/s1. The van der Waals surface area contributed by atoms with Crippen molar-refractivity contribution in [2.75, 3.05) is 6.54 Å². The largest absolute Gasteiger partial charge is 0.354 e. The van der Waals surface area contributed by atoms with E-state index in [9.17, 15) is 9.59 Å². The van der Waals surface area contributed by atoms with Crippen LogP contribution >= 0.6 is 11.6 Å². The molecule has 1 fully saturated rings. The summed E-state index contributed by atoms with van der Waals surface area (Å²) >= 11 is 5.90. The molecule has 0 spiro atoms. The van der Waals surface area contributed by atoms with Gasteiger partial charge < -0.3 is 5.32 Å². The van der Waals surface area contributed by atoms with Crippen molar-refractivity contribution in [1.29, 1.82) is 0 Å². The van der Waals surface area contributed by atoms with Gasteiger partial charge in [0.15, 0.2) is 0 Å². The maximum atomic E-state index is 12.3. The minimum atomic E-state index is -0.291. The number of aromatic nitrogens is 2. The Morgan fingerprint density at radius 3 is 2.65 bits per heavy atom. The van der Waals surface area contributed by atoms with Crippen LogP contribution in [0.5, 0.6) is 0 Å². The number of allylic oxidation sites excluding steroid dienone is 2. The Balaban J connectivity index is 1.41. The molecule has 134 valence electrons. The molecule has 2 aliphatic carbocycles. The number of nitrogens with zero attached hydrogens (tertiary/aromatic N) is 2. The zero-order valence-electron chi connectivity index (χ0n) is 14.3. The molecule has 2 aromatic rings. The van der Waals surface area contributed by atoms with Gasteiger partial charge in [-0.1, -0.05) is 35.9 Å². The minimum Gasteiger partial charge on any atom is -0.354 e. The maximum absolute atomic E-state index is 12.3.